The summed E-state index contributed by atoms with van der Waals surface area (Å²) in [5.74, 6) is 0. The number of rotatable bonds is 4. The summed E-state index contributed by atoms with van der Waals surface area (Å²) in [6, 6.07) is 0. The van der Waals surface area contributed by atoms with Crippen molar-refractivity contribution in [3.8, 4) is 0 Å². The van der Waals surface area contributed by atoms with Gasteiger partial charge < -0.3 is 0 Å². The molecule has 8 heteroatoms. The lowest BCUT2D eigenvalue weighted by molar-refractivity contribution is -0.0717. The molecule has 0 aliphatic carbocycles. The van der Waals surface area contributed by atoms with Gasteiger partial charge in [-0.05, 0) is 0 Å². The van der Waals surface area contributed by atoms with E-state index in [1.807, 2.05) is 0 Å². The molecule has 0 rings (SSSR count). The van der Waals surface area contributed by atoms with E-state index in [1.165, 1.54) is 0 Å². The van der Waals surface area contributed by atoms with Crippen molar-refractivity contribution in [2.45, 2.75) is 19.0 Å². The second-order valence-electron chi connectivity index (χ2n) is 1.93. The Balaban J connectivity index is 4.14. The molecule has 2 unspecified atom stereocenters. The van der Waals surface area contributed by atoms with Gasteiger partial charge in [0.25, 0.3) is 22.9 Å². The molecule has 74 valence electrons. The lowest BCUT2D eigenvalue weighted by Gasteiger charge is -2.10. The van der Waals surface area contributed by atoms with E-state index in [1.54, 1.807) is 0 Å². The van der Waals surface area contributed by atoms with Crippen molar-refractivity contribution in [3.63, 3.8) is 0 Å². The van der Waals surface area contributed by atoms with Gasteiger partial charge in [-0.2, -0.15) is 8.42 Å². The number of halogens is 4. The van der Waals surface area contributed by atoms with E-state index in [2.05, 4.69) is 4.18 Å². The molecule has 0 aromatic carbocycles. The smallest absolute Gasteiger partial charge is 0.235 e. The SMILES string of the molecule is CS(=O)(=O)OC(F)C(F)C(F)F. The maximum Gasteiger partial charge on any atom is 0.274 e. The van der Waals surface area contributed by atoms with Gasteiger partial charge in [-0.1, -0.05) is 0 Å². The van der Waals surface area contributed by atoms with Crippen LogP contribution in [0.4, 0.5) is 17.6 Å². The fourth-order valence-corrected chi connectivity index (χ4v) is 0.775. The molecule has 0 aromatic heterocycles. The van der Waals surface area contributed by atoms with Crippen LogP contribution in [-0.4, -0.2) is 33.6 Å². The van der Waals surface area contributed by atoms with E-state index in [9.17, 15) is 26.0 Å². The molecule has 2 atom stereocenters. The molecule has 0 aliphatic heterocycles. The number of hydrogen-bond acceptors (Lipinski definition) is 3. The Morgan fingerprint density at radius 2 is 1.58 bits per heavy atom. The molecule has 12 heavy (non-hydrogen) atoms. The summed E-state index contributed by atoms with van der Waals surface area (Å²) in [6.07, 6.45) is -9.58. The quantitative estimate of drug-likeness (QED) is 0.510. The summed E-state index contributed by atoms with van der Waals surface area (Å²) in [7, 11) is -4.25. The Bertz CT molecular complexity index is 226. The third-order valence-electron chi connectivity index (χ3n) is 0.758. The van der Waals surface area contributed by atoms with Crippen LogP contribution in [0.25, 0.3) is 0 Å². The van der Waals surface area contributed by atoms with Crippen molar-refractivity contribution >= 4 is 10.1 Å². The van der Waals surface area contributed by atoms with Gasteiger partial charge in [0.05, 0.1) is 6.26 Å². The largest absolute Gasteiger partial charge is 0.274 e. The third kappa shape index (κ3) is 4.50. The highest BCUT2D eigenvalue weighted by Gasteiger charge is 2.33. The first-order valence-electron chi connectivity index (χ1n) is 2.68. The van der Waals surface area contributed by atoms with Crippen LogP contribution in [-0.2, 0) is 14.3 Å². The van der Waals surface area contributed by atoms with E-state index < -0.39 is 29.1 Å². The van der Waals surface area contributed by atoms with Crippen LogP contribution in [0, 0.1) is 0 Å². The fourth-order valence-electron chi connectivity index (χ4n) is 0.334. The predicted molar refractivity (Wildman–Crippen MR) is 31.7 cm³/mol. The topological polar surface area (TPSA) is 43.4 Å². The number of hydrogen-bond donors (Lipinski definition) is 0. The van der Waals surface area contributed by atoms with Crippen LogP contribution in [0.5, 0.6) is 0 Å². The summed E-state index contributed by atoms with van der Waals surface area (Å²) >= 11 is 0. The highest BCUT2D eigenvalue weighted by atomic mass is 32.2. The number of alkyl halides is 4. The molecule has 0 N–H and O–H groups in total. The van der Waals surface area contributed by atoms with Crippen LogP contribution in [0.15, 0.2) is 0 Å². The Labute approximate surface area is 66.4 Å². The van der Waals surface area contributed by atoms with Crippen LogP contribution in [0.1, 0.15) is 0 Å². The standard InChI is InChI=1S/C4H6F4O3S/c1-12(9,10)11-4(8)2(5)3(6)7/h2-4H,1H3. The van der Waals surface area contributed by atoms with Crippen LogP contribution in [0.3, 0.4) is 0 Å². The molecule has 0 saturated heterocycles. The van der Waals surface area contributed by atoms with E-state index in [-0.39, 0.29) is 0 Å². The zero-order valence-corrected chi connectivity index (χ0v) is 6.69. The van der Waals surface area contributed by atoms with Crippen LogP contribution < -0.4 is 0 Å². The van der Waals surface area contributed by atoms with Gasteiger partial charge in [0, 0.05) is 0 Å². The fraction of sp³-hybridized carbons (Fsp3) is 1.00. The molecule has 3 nitrogen and oxygen atoms in total. The van der Waals surface area contributed by atoms with Crippen molar-refractivity contribution in [3.05, 3.63) is 0 Å². The lowest BCUT2D eigenvalue weighted by atomic mass is 10.4. The average molecular weight is 210 g/mol. The minimum absolute atomic E-state index is 0.428. The minimum Gasteiger partial charge on any atom is -0.235 e. The van der Waals surface area contributed by atoms with Crippen LogP contribution in [0.2, 0.25) is 0 Å². The Hall–Kier alpha value is -0.370. The predicted octanol–water partition coefficient (Wildman–Crippen LogP) is 0.861. The third-order valence-corrected chi connectivity index (χ3v) is 1.29. The van der Waals surface area contributed by atoms with Gasteiger partial charge in [0.2, 0.25) is 6.17 Å². The maximum atomic E-state index is 12.1. The molecule has 0 saturated carbocycles. The molecular formula is C4H6F4O3S. The zero-order valence-electron chi connectivity index (χ0n) is 5.88. The Morgan fingerprint density at radius 3 is 1.83 bits per heavy atom. The van der Waals surface area contributed by atoms with Gasteiger partial charge in [-0.3, -0.25) is 0 Å². The van der Waals surface area contributed by atoms with Crippen molar-refractivity contribution < 1.29 is 30.2 Å². The highest BCUT2D eigenvalue weighted by Crippen LogP contribution is 2.15. The lowest BCUT2D eigenvalue weighted by Crippen LogP contribution is -2.29. The molecule has 0 heterocycles. The van der Waals surface area contributed by atoms with E-state index in [0.717, 1.165) is 0 Å². The minimum atomic E-state index is -4.25. The van der Waals surface area contributed by atoms with E-state index >= 15 is 0 Å². The Kier molecular flexibility index (Phi) is 3.91. The monoisotopic (exact) mass is 210 g/mol. The molecular weight excluding hydrogens is 204 g/mol. The first kappa shape index (κ1) is 11.6. The molecule has 0 aromatic rings. The first-order chi connectivity index (χ1) is 5.24. The van der Waals surface area contributed by atoms with Crippen molar-refractivity contribution in [2.75, 3.05) is 6.26 Å². The first-order valence-corrected chi connectivity index (χ1v) is 4.50. The molecule has 0 amide bonds. The molecule has 0 aliphatic rings. The van der Waals surface area contributed by atoms with Crippen molar-refractivity contribution in [2.24, 2.45) is 0 Å². The average Bonchev–Trinajstić information content (AvgIpc) is 1.82. The second-order valence-corrected chi connectivity index (χ2v) is 3.53. The maximum absolute atomic E-state index is 12.1. The van der Waals surface area contributed by atoms with Crippen molar-refractivity contribution in [1.29, 1.82) is 0 Å². The molecule has 0 fully saturated rings. The van der Waals surface area contributed by atoms with Gasteiger partial charge in [-0.25, -0.2) is 21.7 Å². The second kappa shape index (κ2) is 4.04. The molecule has 0 radical (unpaired) electrons. The van der Waals surface area contributed by atoms with E-state index in [0.29, 0.717) is 6.26 Å². The summed E-state index contributed by atoms with van der Waals surface area (Å²) in [5, 5.41) is 0. The Morgan fingerprint density at radius 1 is 1.17 bits per heavy atom. The molecule has 0 spiro atoms. The van der Waals surface area contributed by atoms with Crippen LogP contribution >= 0.6 is 0 Å². The normalized spacial score (nSPS) is 17.8. The zero-order chi connectivity index (χ0) is 9.94. The molecule has 0 bridgehead atoms. The summed E-state index contributed by atoms with van der Waals surface area (Å²) in [4.78, 5) is 0. The van der Waals surface area contributed by atoms with Gasteiger partial charge >= 0.3 is 0 Å². The summed E-state index contributed by atoms with van der Waals surface area (Å²) in [6.45, 7) is 0. The van der Waals surface area contributed by atoms with E-state index in [4.69, 9.17) is 0 Å². The van der Waals surface area contributed by atoms with Gasteiger partial charge in [-0.15, -0.1) is 0 Å². The van der Waals surface area contributed by atoms with Gasteiger partial charge in [0.1, 0.15) is 0 Å². The highest BCUT2D eigenvalue weighted by molar-refractivity contribution is 7.86. The summed E-state index contributed by atoms with van der Waals surface area (Å²) in [5.41, 5.74) is 0. The van der Waals surface area contributed by atoms with Gasteiger partial charge in [0.15, 0.2) is 0 Å². The van der Waals surface area contributed by atoms with Crippen molar-refractivity contribution in [1.82, 2.24) is 0 Å². The summed E-state index contributed by atoms with van der Waals surface area (Å²) < 4.78 is 70.3.